The first-order valence-corrected chi connectivity index (χ1v) is 21.3. The molecule has 4 aliphatic rings. The predicted octanol–water partition coefficient (Wildman–Crippen LogP) is 13.0. The van der Waals surface area contributed by atoms with Gasteiger partial charge in [-0.05, 0) is 149 Å². The van der Waals surface area contributed by atoms with Crippen LogP contribution >= 0.6 is 0 Å². The Balaban J connectivity index is 1.17. The van der Waals surface area contributed by atoms with Gasteiger partial charge in [0.2, 0.25) is 6.54 Å². The number of aliphatic carboxylic acids is 1. The van der Waals surface area contributed by atoms with E-state index in [2.05, 4.69) is 65.0 Å². The number of fused-ring (bicyclic) bond motifs is 5. The van der Waals surface area contributed by atoms with Gasteiger partial charge in [0, 0.05) is 11.3 Å². The summed E-state index contributed by atoms with van der Waals surface area (Å²) in [7, 11) is 0. The third-order valence-corrected chi connectivity index (χ3v) is 14.7. The van der Waals surface area contributed by atoms with Crippen LogP contribution in [-0.2, 0) is 4.79 Å². The summed E-state index contributed by atoms with van der Waals surface area (Å²) >= 11 is 0. The van der Waals surface area contributed by atoms with Crippen LogP contribution in [0.5, 0.6) is 0 Å². The van der Waals surface area contributed by atoms with Gasteiger partial charge in [-0.2, -0.15) is 0 Å². The zero-order chi connectivity index (χ0) is 36.1. The maximum atomic E-state index is 12.6. The molecule has 9 atom stereocenters. The second-order valence-electron chi connectivity index (χ2n) is 18.3. The molecule has 0 aliphatic heterocycles. The van der Waals surface area contributed by atoms with Crippen LogP contribution in [0, 0.1) is 68.3 Å². The maximum absolute atomic E-state index is 12.6. The summed E-state index contributed by atoms with van der Waals surface area (Å²) < 4.78 is 0. The molecule has 5 heteroatoms. The molecule has 0 spiro atoms. The van der Waals surface area contributed by atoms with Crippen LogP contribution in [0.2, 0.25) is 0 Å². The summed E-state index contributed by atoms with van der Waals surface area (Å²) in [5.41, 5.74) is 2.44. The predicted molar refractivity (Wildman–Crippen MR) is 209 cm³/mol. The summed E-state index contributed by atoms with van der Waals surface area (Å²) in [6.07, 6.45) is 36.9. The molecule has 0 aromatic rings. The van der Waals surface area contributed by atoms with Crippen molar-refractivity contribution in [2.45, 2.75) is 176 Å². The van der Waals surface area contributed by atoms with Crippen molar-refractivity contribution in [3.63, 3.8) is 0 Å². The molecule has 0 aromatic carbocycles. The Morgan fingerprint density at radius 1 is 0.860 bits per heavy atom. The highest BCUT2D eigenvalue weighted by Crippen LogP contribution is 2.67. The van der Waals surface area contributed by atoms with Gasteiger partial charge in [0.1, 0.15) is 0 Å². The number of unbranched alkanes of at least 4 members (excludes halogenated alkanes) is 7. The zero-order valence-corrected chi connectivity index (χ0v) is 32.9. The summed E-state index contributed by atoms with van der Waals surface area (Å²) in [6, 6.07) is 0. The lowest BCUT2D eigenvalue weighted by atomic mass is 9.46. The average molecular weight is 694 g/mol. The molecule has 0 bridgehead atoms. The van der Waals surface area contributed by atoms with Gasteiger partial charge in [0.05, 0.1) is 5.92 Å². The number of carbonyl (C=O) groups is 1. The Morgan fingerprint density at radius 2 is 1.56 bits per heavy atom. The van der Waals surface area contributed by atoms with Gasteiger partial charge in [-0.1, -0.05) is 109 Å². The molecule has 50 heavy (non-hydrogen) atoms. The highest BCUT2D eigenvalue weighted by atomic mass is 16.6. The van der Waals surface area contributed by atoms with E-state index in [4.69, 9.17) is 0 Å². The molecular formula is C45H75NO4. The molecule has 4 rings (SSSR count). The van der Waals surface area contributed by atoms with Crippen LogP contribution in [0.3, 0.4) is 0 Å². The number of nitrogens with zero attached hydrogens (tertiary/aromatic N) is 1. The third-order valence-electron chi connectivity index (χ3n) is 14.7. The zero-order valence-electron chi connectivity index (χ0n) is 32.9. The Kier molecular flexibility index (Phi) is 16.2. The Morgan fingerprint density at radius 3 is 2.24 bits per heavy atom. The number of hydrogen-bond donors (Lipinski definition) is 1. The Bertz CT molecular complexity index is 1160. The number of carboxylic acid groups (broad SMARTS) is 1. The van der Waals surface area contributed by atoms with E-state index in [1.54, 1.807) is 5.57 Å². The van der Waals surface area contributed by atoms with Crippen molar-refractivity contribution in [1.82, 2.24) is 0 Å². The van der Waals surface area contributed by atoms with E-state index in [1.807, 2.05) is 0 Å². The van der Waals surface area contributed by atoms with Crippen molar-refractivity contribution in [3.8, 4) is 0 Å². The Labute approximate surface area is 306 Å². The summed E-state index contributed by atoms with van der Waals surface area (Å²) in [4.78, 5) is 22.7. The normalized spacial score (nSPS) is 32.1. The second kappa shape index (κ2) is 19.8. The number of allylic oxidation sites excluding steroid dienone is 6. The molecule has 3 saturated carbocycles. The van der Waals surface area contributed by atoms with E-state index < -0.39 is 5.97 Å². The van der Waals surface area contributed by atoms with Crippen molar-refractivity contribution in [3.05, 3.63) is 46.1 Å². The van der Waals surface area contributed by atoms with Crippen LogP contribution < -0.4 is 0 Å². The fraction of sp³-hybridized carbons (Fsp3) is 0.844. The summed E-state index contributed by atoms with van der Waals surface area (Å²) in [5, 5.41) is 20.7. The molecule has 5 unspecified atom stereocenters. The van der Waals surface area contributed by atoms with Crippen molar-refractivity contribution < 1.29 is 14.8 Å². The van der Waals surface area contributed by atoms with Crippen LogP contribution in [0.25, 0.3) is 0 Å². The largest absolute Gasteiger partial charge is 0.481 e. The number of carboxylic acids is 1. The molecule has 0 aromatic heterocycles. The fourth-order valence-electron chi connectivity index (χ4n) is 11.8. The molecular weight excluding hydrogens is 618 g/mol. The van der Waals surface area contributed by atoms with Crippen molar-refractivity contribution in [2.75, 3.05) is 6.54 Å². The molecule has 0 heterocycles. The van der Waals surface area contributed by atoms with Gasteiger partial charge in [-0.3, -0.25) is 14.9 Å². The van der Waals surface area contributed by atoms with E-state index >= 15 is 0 Å². The van der Waals surface area contributed by atoms with E-state index in [-0.39, 0.29) is 22.8 Å². The van der Waals surface area contributed by atoms with Gasteiger partial charge in [0.25, 0.3) is 0 Å². The lowest BCUT2D eigenvalue weighted by Gasteiger charge is -2.59. The van der Waals surface area contributed by atoms with Gasteiger partial charge in [0.15, 0.2) is 0 Å². The van der Waals surface area contributed by atoms with Crippen molar-refractivity contribution >= 4 is 5.97 Å². The Hall–Kier alpha value is -1.91. The number of hydrogen-bond acceptors (Lipinski definition) is 3. The van der Waals surface area contributed by atoms with Crippen LogP contribution in [0.4, 0.5) is 0 Å². The number of nitro groups is 1. The number of rotatable bonds is 22. The smallest absolute Gasteiger partial charge is 0.306 e. The monoisotopic (exact) mass is 694 g/mol. The topological polar surface area (TPSA) is 80.4 Å². The quantitative estimate of drug-likeness (QED) is 0.0530. The van der Waals surface area contributed by atoms with E-state index in [0.717, 1.165) is 99.7 Å². The highest BCUT2D eigenvalue weighted by Gasteiger charge is 2.59. The first-order chi connectivity index (χ1) is 24.0. The van der Waals surface area contributed by atoms with Crippen molar-refractivity contribution in [1.29, 1.82) is 0 Å². The molecule has 5 nitrogen and oxygen atoms in total. The maximum Gasteiger partial charge on any atom is 0.306 e. The minimum Gasteiger partial charge on any atom is -0.481 e. The van der Waals surface area contributed by atoms with Crippen LogP contribution in [-0.4, -0.2) is 22.5 Å². The van der Waals surface area contributed by atoms with E-state index in [1.165, 1.54) is 70.6 Å². The lowest BCUT2D eigenvalue weighted by Crippen LogP contribution is -2.51. The first kappa shape index (κ1) is 40.9. The SMILES string of the molecule is CC(C)CCC[C@@H](C)[C@H]1CCC2C3CC=C4CC(C(CCCCCCC=CCC=CCCCCC[N+](=O)[O-])C(=O)O)CC[C@]4(C)C3CC[C@@]21C. The van der Waals surface area contributed by atoms with E-state index in [9.17, 15) is 20.0 Å². The van der Waals surface area contributed by atoms with Gasteiger partial charge in [-0.15, -0.1) is 0 Å². The van der Waals surface area contributed by atoms with Crippen molar-refractivity contribution in [2.24, 2.45) is 58.2 Å². The first-order valence-electron chi connectivity index (χ1n) is 21.3. The second-order valence-corrected chi connectivity index (χ2v) is 18.3. The molecule has 3 fully saturated rings. The van der Waals surface area contributed by atoms with Gasteiger partial charge in [-0.25, -0.2) is 0 Å². The summed E-state index contributed by atoms with van der Waals surface area (Å²) in [5.74, 6) is 4.62. The summed E-state index contributed by atoms with van der Waals surface area (Å²) in [6.45, 7) is 12.7. The molecule has 0 amide bonds. The highest BCUT2D eigenvalue weighted by molar-refractivity contribution is 5.70. The average Bonchev–Trinajstić information content (AvgIpc) is 3.43. The minimum absolute atomic E-state index is 0.0880. The molecule has 1 N–H and O–H groups in total. The molecule has 4 aliphatic carbocycles. The third kappa shape index (κ3) is 10.8. The van der Waals surface area contributed by atoms with E-state index in [0.29, 0.717) is 17.8 Å². The lowest BCUT2D eigenvalue weighted by molar-refractivity contribution is -0.480. The van der Waals surface area contributed by atoms with Gasteiger partial charge < -0.3 is 5.11 Å². The molecule has 0 radical (unpaired) electrons. The molecule has 284 valence electrons. The fourth-order valence-corrected chi connectivity index (χ4v) is 11.8. The van der Waals surface area contributed by atoms with Crippen LogP contribution in [0.15, 0.2) is 36.0 Å². The minimum atomic E-state index is -0.562. The standard InChI is InChI=1S/C45H75NO4/c1-34(2)21-20-22-35(3)40-26-27-41-39-25-24-37-33-36(28-30-44(37,4)42(39)29-31-45(40,41)5)38(43(47)48)23-18-16-14-12-10-8-6-7-9-11-13-15-17-19-32-46(49)50/h6,8-9,11,24,34-36,38-42H,7,10,12-23,25-33H2,1-5H3,(H,47,48)/t35-,36?,38?,39?,40-,41?,42?,44+,45-/m1/s1. The van der Waals surface area contributed by atoms with Crippen LogP contribution in [0.1, 0.15) is 176 Å². The van der Waals surface area contributed by atoms with Gasteiger partial charge >= 0.3 is 5.97 Å². The molecule has 0 saturated heterocycles.